The topological polar surface area (TPSA) is 67.1 Å². The Hall–Kier alpha value is -1.70. The van der Waals surface area contributed by atoms with E-state index in [1.54, 1.807) is 0 Å². The molecule has 4 N–H and O–H groups in total. The Bertz CT molecular complexity index is 678. The Morgan fingerprint density at radius 2 is 1.67 bits per heavy atom. The third-order valence-corrected chi connectivity index (χ3v) is 4.72. The molecular weight excluding hydrogens is 371 g/mol. The van der Waals surface area contributed by atoms with Gasteiger partial charge >= 0.3 is 0 Å². The van der Waals surface area contributed by atoms with Crippen molar-refractivity contribution in [2.45, 2.75) is 32.7 Å². The highest BCUT2D eigenvalue weighted by Gasteiger charge is 2.25. The van der Waals surface area contributed by atoms with E-state index in [9.17, 15) is 14.0 Å². The van der Waals surface area contributed by atoms with Crippen molar-refractivity contribution < 1.29 is 23.8 Å². The maximum absolute atomic E-state index is 13.2. The van der Waals surface area contributed by atoms with Gasteiger partial charge in [0.2, 0.25) is 0 Å². The fourth-order valence-electron chi connectivity index (χ4n) is 3.24. The second-order valence-electron chi connectivity index (χ2n) is 8.18. The number of rotatable bonds is 5. The molecule has 6 nitrogen and oxygen atoms in total. The molecule has 2 unspecified atom stereocenters. The van der Waals surface area contributed by atoms with Gasteiger partial charge in [-0.15, -0.1) is 0 Å². The summed E-state index contributed by atoms with van der Waals surface area (Å²) < 4.78 is 13.2. The van der Waals surface area contributed by atoms with Crippen molar-refractivity contribution in [3.63, 3.8) is 0 Å². The maximum atomic E-state index is 13.2. The quantitative estimate of drug-likeness (QED) is 0.538. The third-order valence-electron chi connectivity index (χ3n) is 4.43. The summed E-state index contributed by atoms with van der Waals surface area (Å²) in [6, 6.07) is 4.14. The lowest BCUT2D eigenvalue weighted by molar-refractivity contribution is -0.930. The largest absolute Gasteiger partial charge is 0.347 e. The van der Waals surface area contributed by atoms with Gasteiger partial charge in [0, 0.05) is 17.6 Å². The van der Waals surface area contributed by atoms with Crippen LogP contribution in [-0.4, -0.2) is 56.6 Å². The molecule has 1 saturated heterocycles. The average molecular weight is 401 g/mol. The standard InChI is InChI=1S/C19H28ClFN4O2/c1-19(2,3)23-18(27)13-25-8-4-7-24(9-10-25)12-17(26)22-14-5-6-16(21)15(20)11-14/h5-6,11H,4,7-10,12-13H2,1-3H3,(H,22,26)(H,23,27)/p+2. The summed E-state index contributed by atoms with van der Waals surface area (Å²) in [5, 5.41) is 5.75. The SMILES string of the molecule is CC(C)(C)NC(=O)C[NH+]1CCC[NH+](CC(=O)Nc2ccc(F)c(Cl)c2)CC1. The Morgan fingerprint density at radius 1 is 1.07 bits per heavy atom. The van der Waals surface area contributed by atoms with E-state index in [0.717, 1.165) is 32.6 Å². The first-order valence-electron chi connectivity index (χ1n) is 9.35. The Labute approximate surface area is 165 Å². The van der Waals surface area contributed by atoms with E-state index in [1.165, 1.54) is 28.0 Å². The third kappa shape index (κ3) is 7.82. The van der Waals surface area contributed by atoms with Crippen molar-refractivity contribution in [2.75, 3.05) is 44.6 Å². The van der Waals surface area contributed by atoms with Gasteiger partial charge in [-0.2, -0.15) is 0 Å². The molecule has 8 heteroatoms. The van der Waals surface area contributed by atoms with Crippen molar-refractivity contribution in [3.8, 4) is 0 Å². The predicted octanol–water partition coefficient (Wildman–Crippen LogP) is -0.494. The number of benzene rings is 1. The molecule has 1 aromatic rings. The van der Waals surface area contributed by atoms with E-state index in [-0.39, 0.29) is 22.4 Å². The minimum Gasteiger partial charge on any atom is -0.347 e. The Balaban J connectivity index is 1.79. The zero-order valence-electron chi connectivity index (χ0n) is 16.3. The van der Waals surface area contributed by atoms with Gasteiger partial charge in [0.25, 0.3) is 11.8 Å². The highest BCUT2D eigenvalue weighted by atomic mass is 35.5. The van der Waals surface area contributed by atoms with Gasteiger partial charge in [-0.1, -0.05) is 11.6 Å². The van der Waals surface area contributed by atoms with E-state index >= 15 is 0 Å². The second-order valence-corrected chi connectivity index (χ2v) is 8.59. The smallest absolute Gasteiger partial charge is 0.279 e. The van der Waals surface area contributed by atoms with Gasteiger partial charge in [-0.25, -0.2) is 4.39 Å². The molecule has 1 fully saturated rings. The van der Waals surface area contributed by atoms with E-state index in [1.807, 2.05) is 20.8 Å². The van der Waals surface area contributed by atoms with Crippen LogP contribution in [-0.2, 0) is 9.59 Å². The molecule has 1 aliphatic heterocycles. The zero-order valence-corrected chi connectivity index (χ0v) is 17.0. The van der Waals surface area contributed by atoms with Crippen LogP contribution in [0.4, 0.5) is 10.1 Å². The summed E-state index contributed by atoms with van der Waals surface area (Å²) >= 11 is 5.74. The van der Waals surface area contributed by atoms with Crippen molar-refractivity contribution in [1.82, 2.24) is 5.32 Å². The molecule has 0 spiro atoms. The number of hydrogen-bond acceptors (Lipinski definition) is 2. The molecule has 150 valence electrons. The summed E-state index contributed by atoms with van der Waals surface area (Å²) in [5.74, 6) is -0.570. The van der Waals surface area contributed by atoms with Crippen LogP contribution in [0.15, 0.2) is 18.2 Å². The minimum absolute atomic E-state index is 0.0114. The summed E-state index contributed by atoms with van der Waals surface area (Å²) in [4.78, 5) is 26.8. The molecule has 27 heavy (non-hydrogen) atoms. The lowest BCUT2D eigenvalue weighted by Gasteiger charge is -2.22. The summed E-state index contributed by atoms with van der Waals surface area (Å²) in [7, 11) is 0. The molecule has 0 saturated carbocycles. The maximum Gasteiger partial charge on any atom is 0.279 e. The molecule has 1 aromatic carbocycles. The molecule has 2 rings (SSSR count). The van der Waals surface area contributed by atoms with E-state index < -0.39 is 5.82 Å². The molecule has 2 amide bonds. The van der Waals surface area contributed by atoms with Crippen LogP contribution >= 0.6 is 11.6 Å². The van der Waals surface area contributed by atoms with Crippen LogP contribution in [0, 0.1) is 5.82 Å². The number of nitrogens with one attached hydrogen (secondary N) is 4. The van der Waals surface area contributed by atoms with Crippen molar-refractivity contribution in [2.24, 2.45) is 0 Å². The van der Waals surface area contributed by atoms with Gasteiger partial charge in [-0.05, 0) is 39.0 Å². The lowest BCUT2D eigenvalue weighted by atomic mass is 10.1. The molecule has 1 heterocycles. The Morgan fingerprint density at radius 3 is 2.22 bits per heavy atom. The number of amides is 2. The fraction of sp³-hybridized carbons (Fsp3) is 0.579. The fourth-order valence-corrected chi connectivity index (χ4v) is 3.42. The minimum atomic E-state index is -0.508. The number of anilines is 1. The van der Waals surface area contributed by atoms with Crippen LogP contribution in [0.2, 0.25) is 5.02 Å². The lowest BCUT2D eigenvalue weighted by Crippen LogP contribution is -3.18. The summed E-state index contributed by atoms with van der Waals surface area (Å²) in [6.07, 6.45) is 0.961. The highest BCUT2D eigenvalue weighted by molar-refractivity contribution is 6.31. The van der Waals surface area contributed by atoms with Gasteiger partial charge in [0.15, 0.2) is 13.1 Å². The predicted molar refractivity (Wildman–Crippen MR) is 104 cm³/mol. The van der Waals surface area contributed by atoms with Crippen LogP contribution < -0.4 is 20.4 Å². The van der Waals surface area contributed by atoms with Crippen LogP contribution in [0.5, 0.6) is 0 Å². The number of halogens is 2. The Kier molecular flexibility index (Phi) is 7.59. The molecule has 0 aromatic heterocycles. The first-order valence-corrected chi connectivity index (χ1v) is 9.73. The van der Waals surface area contributed by atoms with Crippen LogP contribution in [0.25, 0.3) is 0 Å². The van der Waals surface area contributed by atoms with Crippen molar-refractivity contribution >= 4 is 29.1 Å². The molecule has 0 aliphatic carbocycles. The molecule has 0 radical (unpaired) electrons. The number of hydrogen-bond donors (Lipinski definition) is 4. The van der Waals surface area contributed by atoms with E-state index in [2.05, 4.69) is 10.6 Å². The zero-order chi connectivity index (χ0) is 20.0. The monoisotopic (exact) mass is 400 g/mol. The first-order chi connectivity index (χ1) is 12.6. The molecule has 2 atom stereocenters. The molecule has 1 aliphatic rings. The second kappa shape index (κ2) is 9.48. The van der Waals surface area contributed by atoms with Gasteiger partial charge in [0.05, 0.1) is 18.1 Å². The number of carbonyl (C=O) groups is 2. The highest BCUT2D eigenvalue weighted by Crippen LogP contribution is 2.19. The van der Waals surface area contributed by atoms with Gasteiger partial charge in [0.1, 0.15) is 18.9 Å². The van der Waals surface area contributed by atoms with E-state index in [4.69, 9.17) is 11.6 Å². The van der Waals surface area contributed by atoms with Crippen LogP contribution in [0.3, 0.4) is 0 Å². The average Bonchev–Trinajstić information content (AvgIpc) is 2.74. The summed E-state index contributed by atoms with van der Waals surface area (Å²) in [6.45, 7) is 10.2. The summed E-state index contributed by atoms with van der Waals surface area (Å²) in [5.41, 5.74) is 0.271. The van der Waals surface area contributed by atoms with E-state index in [0.29, 0.717) is 18.8 Å². The van der Waals surface area contributed by atoms with Crippen molar-refractivity contribution in [3.05, 3.63) is 29.0 Å². The first kappa shape index (κ1) is 21.6. The molecular formula is C19H30ClFN4O2+2. The normalized spacial score (nSPS) is 20.6. The molecule has 0 bridgehead atoms. The van der Waals surface area contributed by atoms with Gasteiger partial charge < -0.3 is 20.4 Å². The van der Waals surface area contributed by atoms with Crippen molar-refractivity contribution in [1.29, 1.82) is 0 Å². The number of carbonyl (C=O) groups excluding carboxylic acids is 2. The number of quaternary nitrogens is 2. The van der Waals surface area contributed by atoms with Crippen LogP contribution in [0.1, 0.15) is 27.2 Å². The van der Waals surface area contributed by atoms with Gasteiger partial charge in [-0.3, -0.25) is 9.59 Å².